The lowest BCUT2D eigenvalue weighted by Crippen LogP contribution is -2.46. The molecule has 0 radical (unpaired) electrons. The second-order valence-corrected chi connectivity index (χ2v) is 15.4. The number of hydrogen-bond donors (Lipinski definition) is 3. The van der Waals surface area contributed by atoms with Crippen LogP contribution in [-0.4, -0.2) is 73.4 Å². The van der Waals surface area contributed by atoms with Crippen LogP contribution in [0.15, 0.2) is 0 Å². The van der Waals surface area contributed by atoms with Gasteiger partial charge >= 0.3 is 7.82 Å². The first kappa shape index (κ1) is 43.5. The van der Waals surface area contributed by atoms with E-state index >= 15 is 0 Å². The number of nitrogens with zero attached hydrogens (tertiary/aromatic N) is 1. The maximum atomic E-state index is 12.4. The molecule has 0 aromatic heterocycles. The van der Waals surface area contributed by atoms with E-state index in [9.17, 15) is 19.4 Å². The number of nitrogens with one attached hydrogen (secondary N) is 1. The maximum Gasteiger partial charge on any atom is 0.472 e. The summed E-state index contributed by atoms with van der Waals surface area (Å²) in [7, 11) is 1.62. The second kappa shape index (κ2) is 28.7. The quantitative estimate of drug-likeness (QED) is 0.0372. The van der Waals surface area contributed by atoms with Crippen LogP contribution in [0.1, 0.15) is 168 Å². The van der Waals surface area contributed by atoms with Crippen LogP contribution in [0, 0.1) is 0 Å². The van der Waals surface area contributed by atoms with Crippen molar-refractivity contribution in [1.82, 2.24) is 5.32 Å². The van der Waals surface area contributed by atoms with E-state index in [1.54, 1.807) is 0 Å². The van der Waals surface area contributed by atoms with Gasteiger partial charge in [0.1, 0.15) is 13.2 Å². The lowest BCUT2D eigenvalue weighted by molar-refractivity contribution is -0.870. The van der Waals surface area contributed by atoms with Crippen LogP contribution in [-0.2, 0) is 18.4 Å². The fraction of sp³-hybridized carbons (Fsp3) is 0.971. The van der Waals surface area contributed by atoms with Crippen LogP contribution >= 0.6 is 7.82 Å². The number of carbonyl (C=O) groups is 1. The zero-order chi connectivity index (χ0) is 32.9. The van der Waals surface area contributed by atoms with E-state index in [2.05, 4.69) is 19.2 Å². The number of rotatable bonds is 33. The highest BCUT2D eigenvalue weighted by molar-refractivity contribution is 7.47. The van der Waals surface area contributed by atoms with Gasteiger partial charge in [-0.25, -0.2) is 4.57 Å². The van der Waals surface area contributed by atoms with Crippen molar-refractivity contribution in [2.45, 2.75) is 180 Å². The number of likely N-dealkylation sites (N-methyl/N-ethyl adjacent to an activating group) is 1. The predicted molar refractivity (Wildman–Crippen MR) is 185 cm³/mol. The average Bonchev–Trinajstić information content (AvgIpc) is 2.95. The van der Waals surface area contributed by atoms with Gasteiger partial charge in [0.05, 0.1) is 39.9 Å². The topological polar surface area (TPSA) is 105 Å². The van der Waals surface area contributed by atoms with E-state index in [1.165, 1.54) is 103 Å². The molecule has 264 valence electrons. The van der Waals surface area contributed by atoms with Crippen molar-refractivity contribution in [3.05, 3.63) is 0 Å². The number of aliphatic hydroxyl groups is 1. The molecule has 0 aromatic carbocycles. The maximum absolute atomic E-state index is 12.4. The van der Waals surface area contributed by atoms with E-state index in [-0.39, 0.29) is 19.1 Å². The van der Waals surface area contributed by atoms with Crippen LogP contribution in [0.2, 0.25) is 0 Å². The Hall–Kier alpha value is -0.500. The van der Waals surface area contributed by atoms with Gasteiger partial charge in [0.2, 0.25) is 5.91 Å². The normalized spacial score (nSPS) is 14.8. The zero-order valence-electron chi connectivity index (χ0n) is 29.7. The molecule has 0 saturated carbocycles. The molecule has 9 heteroatoms. The molecule has 8 nitrogen and oxygen atoms in total. The van der Waals surface area contributed by atoms with Crippen molar-refractivity contribution in [3.63, 3.8) is 0 Å². The Morgan fingerprint density at radius 3 is 1.52 bits per heavy atom. The van der Waals surface area contributed by atoms with Gasteiger partial charge in [-0.1, -0.05) is 149 Å². The first-order valence-electron chi connectivity index (χ1n) is 18.4. The summed E-state index contributed by atoms with van der Waals surface area (Å²) in [5.74, 6) is -0.169. The first-order chi connectivity index (χ1) is 21.0. The molecule has 44 heavy (non-hydrogen) atoms. The van der Waals surface area contributed by atoms with E-state index in [4.69, 9.17) is 9.05 Å². The largest absolute Gasteiger partial charge is 0.472 e. The van der Waals surface area contributed by atoms with Crippen molar-refractivity contribution >= 4 is 13.7 Å². The minimum atomic E-state index is -4.28. The summed E-state index contributed by atoms with van der Waals surface area (Å²) in [4.78, 5) is 22.6. The molecule has 0 heterocycles. The molecule has 3 unspecified atom stereocenters. The molecule has 0 fully saturated rings. The molecule has 0 aliphatic carbocycles. The van der Waals surface area contributed by atoms with Gasteiger partial charge in [-0.3, -0.25) is 13.8 Å². The van der Waals surface area contributed by atoms with Crippen molar-refractivity contribution < 1.29 is 32.9 Å². The molecule has 0 spiro atoms. The highest BCUT2D eigenvalue weighted by Crippen LogP contribution is 2.43. The molecular formula is C35H74N2O6P+. The molecule has 0 bridgehead atoms. The fourth-order valence-electron chi connectivity index (χ4n) is 5.34. The van der Waals surface area contributed by atoms with Gasteiger partial charge < -0.3 is 19.8 Å². The molecule has 0 rings (SSSR count). The number of hydrogen-bond acceptors (Lipinski definition) is 5. The van der Waals surface area contributed by atoms with Crippen molar-refractivity contribution in [2.75, 3.05) is 40.9 Å². The van der Waals surface area contributed by atoms with Crippen molar-refractivity contribution in [1.29, 1.82) is 0 Å². The van der Waals surface area contributed by atoms with Crippen LogP contribution in [0.3, 0.4) is 0 Å². The highest BCUT2D eigenvalue weighted by atomic mass is 31.2. The number of aliphatic hydroxyl groups excluding tert-OH is 1. The number of unbranched alkanes of at least 4 members (excludes halogenated alkanes) is 20. The first-order valence-corrected chi connectivity index (χ1v) is 19.9. The standard InChI is InChI=1S/C35H73N2O6P/c1-6-8-10-11-12-13-14-15-16-17-18-19-20-21-22-23-24-25-27-28-34(38)33(36-35(39)29-26-9-7-2)32-43-44(40,41)42-31-30-37(3,4)5/h33-34,38H,6-32H2,1-5H3,(H-,36,39,40,41)/p+1. The Kier molecular flexibility index (Phi) is 28.4. The fourth-order valence-corrected chi connectivity index (χ4v) is 6.07. The summed E-state index contributed by atoms with van der Waals surface area (Å²) in [6.45, 7) is 4.72. The smallest absolute Gasteiger partial charge is 0.391 e. The Bertz CT molecular complexity index is 703. The summed E-state index contributed by atoms with van der Waals surface area (Å²) >= 11 is 0. The van der Waals surface area contributed by atoms with Gasteiger partial charge in [-0.05, 0) is 12.8 Å². The third-order valence-electron chi connectivity index (χ3n) is 8.36. The summed E-state index contributed by atoms with van der Waals surface area (Å²) in [5, 5.41) is 13.7. The zero-order valence-corrected chi connectivity index (χ0v) is 30.6. The molecule has 3 atom stereocenters. The number of amides is 1. The van der Waals surface area contributed by atoms with Gasteiger partial charge in [-0.2, -0.15) is 0 Å². The summed E-state index contributed by atoms with van der Waals surface area (Å²) in [6, 6.07) is -0.748. The lowest BCUT2D eigenvalue weighted by atomic mass is 10.0. The Morgan fingerprint density at radius 1 is 0.682 bits per heavy atom. The Labute approximate surface area is 272 Å². The predicted octanol–water partition coefficient (Wildman–Crippen LogP) is 9.07. The summed E-state index contributed by atoms with van der Waals surface area (Å²) in [5.41, 5.74) is 0. The number of carbonyl (C=O) groups excluding carboxylic acids is 1. The number of phosphoric acid groups is 1. The third kappa shape index (κ3) is 30.2. The molecule has 0 aliphatic rings. The summed E-state index contributed by atoms with van der Waals surface area (Å²) in [6.07, 6.45) is 27.7. The van der Waals surface area contributed by atoms with Crippen LogP contribution in [0.4, 0.5) is 0 Å². The Morgan fingerprint density at radius 2 is 1.09 bits per heavy atom. The van der Waals surface area contributed by atoms with Crippen LogP contribution in [0.25, 0.3) is 0 Å². The van der Waals surface area contributed by atoms with E-state index in [1.807, 2.05) is 21.1 Å². The van der Waals surface area contributed by atoms with Gasteiger partial charge in [0, 0.05) is 6.42 Å². The van der Waals surface area contributed by atoms with Gasteiger partial charge in [0.25, 0.3) is 0 Å². The average molecular weight is 650 g/mol. The molecule has 0 aromatic rings. The molecule has 0 aliphatic heterocycles. The SMILES string of the molecule is CCCCCCCCCCCCCCCCCCCCCC(O)C(COP(=O)(O)OCC[N+](C)(C)C)NC(=O)CCCCC. The Balaban J connectivity index is 4.09. The van der Waals surface area contributed by atoms with E-state index in [0.717, 1.165) is 38.5 Å². The lowest BCUT2D eigenvalue weighted by Gasteiger charge is -2.26. The number of phosphoric ester groups is 1. The van der Waals surface area contributed by atoms with E-state index < -0.39 is 20.0 Å². The molecule has 1 amide bonds. The molecule has 0 saturated heterocycles. The van der Waals surface area contributed by atoms with E-state index in [0.29, 0.717) is 23.9 Å². The monoisotopic (exact) mass is 650 g/mol. The summed E-state index contributed by atoms with van der Waals surface area (Å²) < 4.78 is 23.3. The van der Waals surface area contributed by atoms with Crippen LogP contribution in [0.5, 0.6) is 0 Å². The van der Waals surface area contributed by atoms with Gasteiger partial charge in [-0.15, -0.1) is 0 Å². The molecular weight excluding hydrogens is 575 g/mol. The van der Waals surface area contributed by atoms with Crippen molar-refractivity contribution in [2.24, 2.45) is 0 Å². The highest BCUT2D eigenvalue weighted by Gasteiger charge is 2.28. The second-order valence-electron chi connectivity index (χ2n) is 14.0. The minimum Gasteiger partial charge on any atom is -0.391 e. The van der Waals surface area contributed by atoms with Crippen LogP contribution < -0.4 is 5.32 Å². The van der Waals surface area contributed by atoms with Gasteiger partial charge in [0.15, 0.2) is 0 Å². The molecule has 3 N–H and O–H groups in total. The third-order valence-corrected chi connectivity index (χ3v) is 9.34. The number of quaternary nitrogens is 1. The van der Waals surface area contributed by atoms with Crippen molar-refractivity contribution in [3.8, 4) is 0 Å². The minimum absolute atomic E-state index is 0.0766.